The molecule has 0 amide bonds. The number of aliphatic imine (C=N–C) groups is 1. The normalized spacial score (nSPS) is 15.4. The van der Waals surface area contributed by atoms with E-state index in [1.165, 1.54) is 11.1 Å². The van der Waals surface area contributed by atoms with Crippen molar-refractivity contribution in [3.8, 4) is 11.1 Å². The summed E-state index contributed by atoms with van der Waals surface area (Å²) in [5.74, 6) is 0.211. The van der Waals surface area contributed by atoms with Crippen molar-refractivity contribution in [2.45, 2.75) is 33.1 Å². The molecule has 0 bridgehead atoms. The number of benzene rings is 3. The van der Waals surface area contributed by atoms with Gasteiger partial charge in [0.05, 0.1) is 17.1 Å². The van der Waals surface area contributed by atoms with Gasteiger partial charge in [-0.25, -0.2) is 0 Å². The Morgan fingerprint density at radius 1 is 1.10 bits per heavy atom. The second kappa shape index (κ2) is 8.45. The third-order valence-corrected chi connectivity index (χ3v) is 6.24. The molecular formula is C26H26ClN3. The van der Waals surface area contributed by atoms with Gasteiger partial charge in [0.15, 0.2) is 0 Å². The fourth-order valence-electron chi connectivity index (χ4n) is 4.07. The maximum absolute atomic E-state index is 8.99. The van der Waals surface area contributed by atoms with Crippen molar-refractivity contribution >= 4 is 34.4 Å². The zero-order valence-corrected chi connectivity index (χ0v) is 18.1. The van der Waals surface area contributed by atoms with Crippen LogP contribution in [0.25, 0.3) is 11.1 Å². The predicted octanol–water partition coefficient (Wildman–Crippen LogP) is 6.87. The highest BCUT2D eigenvalue weighted by Crippen LogP contribution is 2.34. The van der Waals surface area contributed by atoms with Crippen molar-refractivity contribution in [1.82, 2.24) is 0 Å². The molecule has 0 aromatic heterocycles. The lowest BCUT2D eigenvalue weighted by Gasteiger charge is -2.25. The van der Waals surface area contributed by atoms with Gasteiger partial charge < -0.3 is 5.73 Å². The second-order valence-electron chi connectivity index (χ2n) is 7.78. The van der Waals surface area contributed by atoms with E-state index in [1.807, 2.05) is 48.5 Å². The van der Waals surface area contributed by atoms with E-state index in [0.717, 1.165) is 41.8 Å². The summed E-state index contributed by atoms with van der Waals surface area (Å²) in [6.07, 6.45) is 2.77. The number of nitrogens with one attached hydrogen (secondary N) is 1. The highest BCUT2D eigenvalue weighted by molar-refractivity contribution is 6.49. The number of nitrogens with zero attached hydrogens (tertiary/aromatic N) is 1. The van der Waals surface area contributed by atoms with E-state index in [1.54, 1.807) is 0 Å². The molecule has 4 heteroatoms. The van der Waals surface area contributed by atoms with Crippen molar-refractivity contribution < 1.29 is 0 Å². The van der Waals surface area contributed by atoms with Crippen LogP contribution in [0.2, 0.25) is 5.02 Å². The number of anilines is 1. The Labute approximate surface area is 183 Å². The maximum atomic E-state index is 8.99. The first kappa shape index (κ1) is 20.4. The van der Waals surface area contributed by atoms with E-state index < -0.39 is 0 Å². The molecule has 152 valence electrons. The Hall–Kier alpha value is -2.91. The van der Waals surface area contributed by atoms with Gasteiger partial charge in [0.25, 0.3) is 0 Å². The van der Waals surface area contributed by atoms with Gasteiger partial charge in [0, 0.05) is 27.8 Å². The van der Waals surface area contributed by atoms with E-state index in [0.29, 0.717) is 22.0 Å². The summed E-state index contributed by atoms with van der Waals surface area (Å²) in [6, 6.07) is 20.1. The summed E-state index contributed by atoms with van der Waals surface area (Å²) in [6.45, 7) is 4.28. The number of aryl methyl sites for hydroxylation is 1. The van der Waals surface area contributed by atoms with E-state index in [2.05, 4.69) is 26.0 Å². The van der Waals surface area contributed by atoms with Crippen LogP contribution in [0.15, 0.2) is 65.7 Å². The molecular weight excluding hydrogens is 390 g/mol. The lowest BCUT2D eigenvalue weighted by atomic mass is 9.84. The highest BCUT2D eigenvalue weighted by atomic mass is 35.5. The molecule has 1 unspecified atom stereocenters. The van der Waals surface area contributed by atoms with E-state index in [9.17, 15) is 0 Å². The number of hydrogen-bond acceptors (Lipinski definition) is 3. The average Bonchev–Trinajstić information content (AvgIpc) is 2.78. The van der Waals surface area contributed by atoms with Crippen molar-refractivity contribution in [2.75, 3.05) is 5.73 Å². The Balaban J connectivity index is 1.78. The first-order valence-corrected chi connectivity index (χ1v) is 10.8. The standard InChI is InChI=1S/C26H26ClN3/c1-3-16-9-11-22(27)20(13-16)18-10-12-23(28)21(15-18)25(29)26-17(4-2)14-19-7-5-6-8-24(19)30-26/h5-13,15,17,29H,3-4,14,28H2,1-2H3. The van der Waals surface area contributed by atoms with Gasteiger partial charge >= 0.3 is 0 Å². The molecule has 0 fully saturated rings. The van der Waals surface area contributed by atoms with Gasteiger partial charge in [0.1, 0.15) is 0 Å². The van der Waals surface area contributed by atoms with Gasteiger partial charge in [0.2, 0.25) is 0 Å². The summed E-state index contributed by atoms with van der Waals surface area (Å²) in [5.41, 5.74) is 14.2. The minimum absolute atomic E-state index is 0.211. The van der Waals surface area contributed by atoms with Crippen LogP contribution in [-0.4, -0.2) is 11.4 Å². The number of nitrogen functional groups attached to an aromatic ring is 1. The molecule has 3 aromatic rings. The highest BCUT2D eigenvalue weighted by Gasteiger charge is 2.26. The maximum Gasteiger partial charge on any atom is 0.0851 e. The number of rotatable bonds is 5. The summed E-state index contributed by atoms with van der Waals surface area (Å²) in [4.78, 5) is 4.87. The average molecular weight is 416 g/mol. The van der Waals surface area contributed by atoms with E-state index in [-0.39, 0.29) is 5.92 Å². The molecule has 3 N–H and O–H groups in total. The van der Waals surface area contributed by atoms with Crippen molar-refractivity contribution in [1.29, 1.82) is 5.41 Å². The first-order valence-electron chi connectivity index (χ1n) is 10.5. The minimum atomic E-state index is 0.211. The van der Waals surface area contributed by atoms with Gasteiger partial charge in [-0.15, -0.1) is 0 Å². The smallest absolute Gasteiger partial charge is 0.0851 e. The molecule has 0 saturated carbocycles. The molecule has 1 heterocycles. The van der Waals surface area contributed by atoms with Crippen LogP contribution in [-0.2, 0) is 12.8 Å². The molecule has 1 aliphatic heterocycles. The molecule has 0 aliphatic carbocycles. The van der Waals surface area contributed by atoms with Crippen molar-refractivity contribution in [2.24, 2.45) is 10.9 Å². The number of halogens is 1. The van der Waals surface area contributed by atoms with Crippen molar-refractivity contribution in [3.63, 3.8) is 0 Å². The SMILES string of the molecule is CCc1ccc(Cl)c(-c2ccc(N)c(C(=N)C3=Nc4ccccc4CC3CC)c2)c1. The van der Waals surface area contributed by atoms with Gasteiger partial charge in [-0.1, -0.05) is 55.8 Å². The summed E-state index contributed by atoms with van der Waals surface area (Å²) in [5, 5.41) is 9.69. The first-order chi connectivity index (χ1) is 14.5. The summed E-state index contributed by atoms with van der Waals surface area (Å²) < 4.78 is 0. The molecule has 1 aliphatic rings. The minimum Gasteiger partial charge on any atom is -0.398 e. The lowest BCUT2D eigenvalue weighted by Crippen LogP contribution is -2.28. The fraction of sp³-hybridized carbons (Fsp3) is 0.231. The van der Waals surface area contributed by atoms with Crippen LogP contribution in [0.5, 0.6) is 0 Å². The van der Waals surface area contributed by atoms with Gasteiger partial charge in [-0.05, 0) is 66.3 Å². The second-order valence-corrected chi connectivity index (χ2v) is 8.19. The van der Waals surface area contributed by atoms with E-state index in [4.69, 9.17) is 27.7 Å². The summed E-state index contributed by atoms with van der Waals surface area (Å²) >= 11 is 6.50. The molecule has 3 nitrogen and oxygen atoms in total. The number of hydrogen-bond donors (Lipinski definition) is 2. The fourth-order valence-corrected chi connectivity index (χ4v) is 4.29. The zero-order valence-electron chi connectivity index (χ0n) is 17.4. The lowest BCUT2D eigenvalue weighted by molar-refractivity contribution is 0.659. The number of fused-ring (bicyclic) bond motifs is 1. The van der Waals surface area contributed by atoms with Crippen LogP contribution in [0.1, 0.15) is 37.0 Å². The number of para-hydroxylation sites is 1. The molecule has 0 saturated heterocycles. The largest absolute Gasteiger partial charge is 0.398 e. The monoisotopic (exact) mass is 415 g/mol. The third-order valence-electron chi connectivity index (χ3n) is 5.91. The molecule has 3 aromatic carbocycles. The molecule has 4 rings (SSSR count). The van der Waals surface area contributed by atoms with Crippen LogP contribution in [0.3, 0.4) is 0 Å². The van der Waals surface area contributed by atoms with Crippen LogP contribution >= 0.6 is 11.6 Å². The zero-order chi connectivity index (χ0) is 21.3. The number of nitrogens with two attached hydrogens (primary N) is 1. The topological polar surface area (TPSA) is 62.2 Å². The molecule has 30 heavy (non-hydrogen) atoms. The van der Waals surface area contributed by atoms with Gasteiger partial charge in [-0.3, -0.25) is 10.4 Å². The van der Waals surface area contributed by atoms with Crippen LogP contribution in [0, 0.1) is 11.3 Å². The quantitative estimate of drug-likeness (QED) is 0.346. The summed E-state index contributed by atoms with van der Waals surface area (Å²) in [7, 11) is 0. The van der Waals surface area contributed by atoms with Crippen molar-refractivity contribution in [3.05, 3.63) is 82.4 Å². The van der Waals surface area contributed by atoms with Crippen LogP contribution in [0.4, 0.5) is 11.4 Å². The molecule has 0 spiro atoms. The Kier molecular flexibility index (Phi) is 5.74. The third kappa shape index (κ3) is 3.78. The molecule has 0 radical (unpaired) electrons. The predicted molar refractivity (Wildman–Crippen MR) is 129 cm³/mol. The van der Waals surface area contributed by atoms with E-state index >= 15 is 0 Å². The Morgan fingerprint density at radius 2 is 1.90 bits per heavy atom. The molecule has 1 atom stereocenters. The Bertz CT molecular complexity index is 1150. The van der Waals surface area contributed by atoms with Crippen LogP contribution < -0.4 is 5.73 Å². The Morgan fingerprint density at radius 3 is 2.67 bits per heavy atom. The van der Waals surface area contributed by atoms with Gasteiger partial charge in [-0.2, -0.15) is 0 Å².